The van der Waals surface area contributed by atoms with Crippen LogP contribution in [0.5, 0.6) is 5.75 Å². The quantitative estimate of drug-likeness (QED) is 0.349. The molecule has 0 radical (unpaired) electrons. The number of amides is 1. The van der Waals surface area contributed by atoms with Crippen LogP contribution in [0.25, 0.3) is 0 Å². The number of aryl methyl sites for hydroxylation is 1. The number of ether oxygens (including phenoxy) is 1. The molecule has 172 valence electrons. The third-order valence-electron chi connectivity index (χ3n) is 5.24. The summed E-state index contributed by atoms with van der Waals surface area (Å²) in [6.07, 6.45) is 1.12. The highest BCUT2D eigenvalue weighted by Gasteiger charge is 2.22. The van der Waals surface area contributed by atoms with E-state index < -0.39 is 6.61 Å². The van der Waals surface area contributed by atoms with E-state index in [0.29, 0.717) is 50.5 Å². The van der Waals surface area contributed by atoms with Crippen molar-refractivity contribution in [2.45, 2.75) is 52.9 Å². The zero-order valence-corrected chi connectivity index (χ0v) is 18.5. The van der Waals surface area contributed by atoms with E-state index in [-0.39, 0.29) is 18.2 Å². The second kappa shape index (κ2) is 11.5. The molecule has 0 bridgehead atoms. The average Bonchev–Trinajstić information content (AvgIpc) is 3.20. The molecule has 0 spiro atoms. The van der Waals surface area contributed by atoms with E-state index in [1.807, 2.05) is 30.9 Å². The lowest BCUT2D eigenvalue weighted by Crippen LogP contribution is -2.38. The molecule has 0 saturated heterocycles. The van der Waals surface area contributed by atoms with Crippen LogP contribution in [0, 0.1) is 6.92 Å². The Morgan fingerprint density at radius 3 is 2.53 bits per heavy atom. The summed E-state index contributed by atoms with van der Waals surface area (Å²) in [5.41, 5.74) is 3.96. The predicted octanol–water partition coefficient (Wildman–Crippen LogP) is 3.97. The molecule has 32 heavy (non-hydrogen) atoms. The Bertz CT molecular complexity index is 924. The number of benzene rings is 2. The molecule has 0 unspecified atom stereocenters. The SMILES string of the molecule is CCNC(=NCc1cc(C)ccc1OC(F)F)NCCCC(=O)N1Cc2ccccc2C1. The molecule has 2 N–H and O–H groups in total. The number of fused-ring (bicyclic) bond motifs is 1. The van der Waals surface area contributed by atoms with E-state index in [2.05, 4.69) is 32.5 Å². The highest BCUT2D eigenvalue weighted by atomic mass is 19.3. The molecule has 8 heteroatoms. The standard InChI is InChI=1S/C24H30F2N4O2/c1-3-27-24(29-14-20-13-17(2)10-11-21(20)32-23(25)26)28-12-6-9-22(31)30-15-18-7-4-5-8-19(18)16-30/h4-5,7-8,10-11,13,23H,3,6,9,12,14-16H2,1-2H3,(H2,27,28,29). The minimum absolute atomic E-state index is 0.127. The number of hydrogen-bond acceptors (Lipinski definition) is 3. The number of hydrogen-bond donors (Lipinski definition) is 2. The number of carbonyl (C=O) groups excluding carboxylic acids is 1. The first-order valence-electron chi connectivity index (χ1n) is 10.9. The maximum absolute atomic E-state index is 12.7. The van der Waals surface area contributed by atoms with E-state index in [1.165, 1.54) is 17.2 Å². The number of nitrogens with one attached hydrogen (secondary N) is 2. The fourth-order valence-electron chi connectivity index (χ4n) is 3.66. The Morgan fingerprint density at radius 2 is 1.88 bits per heavy atom. The average molecular weight is 445 g/mol. The summed E-state index contributed by atoms with van der Waals surface area (Å²) in [5, 5.41) is 6.35. The second-order valence-electron chi connectivity index (χ2n) is 7.73. The van der Waals surface area contributed by atoms with Gasteiger partial charge in [-0.25, -0.2) is 4.99 Å². The Hall–Kier alpha value is -3.16. The van der Waals surface area contributed by atoms with Gasteiger partial charge in [-0.2, -0.15) is 8.78 Å². The summed E-state index contributed by atoms with van der Waals surface area (Å²) in [4.78, 5) is 18.9. The molecule has 1 heterocycles. The van der Waals surface area contributed by atoms with Crippen LogP contribution in [0.2, 0.25) is 0 Å². The molecule has 0 saturated carbocycles. The van der Waals surface area contributed by atoms with Crippen LogP contribution in [-0.2, 0) is 24.4 Å². The highest BCUT2D eigenvalue weighted by molar-refractivity contribution is 5.80. The summed E-state index contributed by atoms with van der Waals surface area (Å²) in [5.74, 6) is 0.832. The van der Waals surface area contributed by atoms with Crippen LogP contribution in [0.4, 0.5) is 8.78 Å². The first-order chi connectivity index (χ1) is 15.5. The number of carbonyl (C=O) groups is 1. The van der Waals surface area contributed by atoms with Crippen LogP contribution < -0.4 is 15.4 Å². The number of alkyl halides is 2. The summed E-state index contributed by atoms with van der Waals surface area (Å²) in [6, 6.07) is 13.2. The molecule has 6 nitrogen and oxygen atoms in total. The van der Waals surface area contributed by atoms with E-state index in [1.54, 1.807) is 12.1 Å². The van der Waals surface area contributed by atoms with Crippen molar-refractivity contribution in [2.24, 2.45) is 4.99 Å². The lowest BCUT2D eigenvalue weighted by molar-refractivity contribution is -0.131. The van der Waals surface area contributed by atoms with E-state index >= 15 is 0 Å². The van der Waals surface area contributed by atoms with Gasteiger partial charge >= 0.3 is 6.61 Å². The lowest BCUT2D eigenvalue weighted by atomic mass is 10.1. The monoisotopic (exact) mass is 444 g/mol. The lowest BCUT2D eigenvalue weighted by Gasteiger charge is -2.16. The number of rotatable bonds is 9. The maximum atomic E-state index is 12.7. The Morgan fingerprint density at radius 1 is 1.16 bits per heavy atom. The van der Waals surface area contributed by atoms with E-state index in [4.69, 9.17) is 0 Å². The van der Waals surface area contributed by atoms with Crippen LogP contribution in [0.15, 0.2) is 47.5 Å². The van der Waals surface area contributed by atoms with Gasteiger partial charge in [0.25, 0.3) is 0 Å². The Kier molecular flexibility index (Phi) is 8.41. The van der Waals surface area contributed by atoms with Crippen LogP contribution in [0.3, 0.4) is 0 Å². The van der Waals surface area contributed by atoms with Crippen LogP contribution in [0.1, 0.15) is 42.0 Å². The van der Waals surface area contributed by atoms with Gasteiger partial charge in [-0.3, -0.25) is 4.79 Å². The maximum Gasteiger partial charge on any atom is 0.387 e. The van der Waals surface area contributed by atoms with Gasteiger partial charge in [-0.05, 0) is 37.5 Å². The van der Waals surface area contributed by atoms with E-state index in [9.17, 15) is 13.6 Å². The molecule has 0 fully saturated rings. The molecule has 0 aliphatic carbocycles. The van der Waals surface area contributed by atoms with Crippen LogP contribution >= 0.6 is 0 Å². The molecule has 3 rings (SSSR count). The molecule has 1 aliphatic heterocycles. The predicted molar refractivity (Wildman–Crippen MR) is 121 cm³/mol. The second-order valence-corrected chi connectivity index (χ2v) is 7.73. The Balaban J connectivity index is 1.49. The van der Waals surface area contributed by atoms with Gasteiger partial charge < -0.3 is 20.3 Å². The summed E-state index contributed by atoms with van der Waals surface area (Å²) in [6.45, 7) is 3.73. The fourth-order valence-corrected chi connectivity index (χ4v) is 3.66. The van der Waals surface area contributed by atoms with Crippen molar-refractivity contribution in [2.75, 3.05) is 13.1 Å². The molecular weight excluding hydrogens is 414 g/mol. The van der Waals surface area contributed by atoms with Crippen molar-refractivity contribution in [1.29, 1.82) is 0 Å². The molecular formula is C24H30F2N4O2. The number of aliphatic imine (C=N–C) groups is 1. The topological polar surface area (TPSA) is 66.0 Å². The molecule has 2 aromatic rings. The van der Waals surface area contributed by atoms with Crippen LogP contribution in [-0.4, -0.2) is 36.5 Å². The smallest absolute Gasteiger partial charge is 0.387 e. The highest BCUT2D eigenvalue weighted by Crippen LogP contribution is 2.24. The van der Waals surface area contributed by atoms with Gasteiger partial charge in [0, 0.05) is 38.2 Å². The van der Waals surface area contributed by atoms with Gasteiger partial charge in [-0.15, -0.1) is 0 Å². The van der Waals surface area contributed by atoms with Crippen molar-refractivity contribution in [3.63, 3.8) is 0 Å². The molecule has 2 aromatic carbocycles. The van der Waals surface area contributed by atoms with Crippen molar-refractivity contribution >= 4 is 11.9 Å². The van der Waals surface area contributed by atoms with Crippen molar-refractivity contribution in [1.82, 2.24) is 15.5 Å². The largest absolute Gasteiger partial charge is 0.434 e. The number of halogens is 2. The molecule has 0 aromatic heterocycles. The first-order valence-corrected chi connectivity index (χ1v) is 10.9. The van der Waals surface area contributed by atoms with E-state index in [0.717, 1.165) is 5.56 Å². The minimum Gasteiger partial charge on any atom is -0.434 e. The fraction of sp³-hybridized carbons (Fsp3) is 0.417. The third-order valence-corrected chi connectivity index (χ3v) is 5.24. The zero-order chi connectivity index (χ0) is 22.9. The minimum atomic E-state index is -2.88. The zero-order valence-electron chi connectivity index (χ0n) is 18.5. The summed E-state index contributed by atoms with van der Waals surface area (Å²) in [7, 11) is 0. The van der Waals surface area contributed by atoms with Gasteiger partial charge in [0.05, 0.1) is 6.54 Å². The normalized spacial score (nSPS) is 13.3. The molecule has 0 atom stereocenters. The van der Waals surface area contributed by atoms with Gasteiger partial charge in [0.2, 0.25) is 5.91 Å². The summed E-state index contributed by atoms with van der Waals surface area (Å²) >= 11 is 0. The summed E-state index contributed by atoms with van der Waals surface area (Å²) < 4.78 is 29.9. The van der Waals surface area contributed by atoms with Crippen molar-refractivity contribution < 1.29 is 18.3 Å². The number of nitrogens with zero attached hydrogens (tertiary/aromatic N) is 2. The number of guanidine groups is 1. The molecule has 1 aliphatic rings. The van der Waals surface area contributed by atoms with Crippen molar-refractivity contribution in [3.05, 3.63) is 64.7 Å². The third kappa shape index (κ3) is 6.67. The van der Waals surface area contributed by atoms with Gasteiger partial charge in [-0.1, -0.05) is 42.0 Å². The molecule has 1 amide bonds. The Labute approximate surface area is 187 Å². The first kappa shape index (κ1) is 23.5. The van der Waals surface area contributed by atoms with Crippen molar-refractivity contribution in [3.8, 4) is 5.75 Å². The van der Waals surface area contributed by atoms with Gasteiger partial charge in [0.1, 0.15) is 5.75 Å². The van der Waals surface area contributed by atoms with Gasteiger partial charge in [0.15, 0.2) is 5.96 Å².